The minimum atomic E-state index is -0.413. The van der Waals surface area contributed by atoms with Crippen molar-refractivity contribution in [2.75, 3.05) is 18.0 Å². The maximum absolute atomic E-state index is 12.2. The summed E-state index contributed by atoms with van der Waals surface area (Å²) in [6.45, 7) is 2.08. The van der Waals surface area contributed by atoms with Crippen LogP contribution >= 0.6 is 11.3 Å². The van der Waals surface area contributed by atoms with Crippen LogP contribution < -0.4 is 10.2 Å². The molecule has 2 heterocycles. The molecule has 0 aliphatic carbocycles. The summed E-state index contributed by atoms with van der Waals surface area (Å²) in [4.78, 5) is 26.2. The summed E-state index contributed by atoms with van der Waals surface area (Å²) < 4.78 is 0. The zero-order chi connectivity index (χ0) is 16.2. The Morgan fingerprint density at radius 1 is 1.30 bits per heavy atom. The fourth-order valence-corrected chi connectivity index (χ4v) is 3.36. The number of amides is 1. The lowest BCUT2D eigenvalue weighted by Gasteiger charge is -2.17. The van der Waals surface area contributed by atoms with Gasteiger partial charge in [0.1, 0.15) is 5.69 Å². The van der Waals surface area contributed by atoms with Crippen LogP contribution in [0.2, 0.25) is 0 Å². The van der Waals surface area contributed by atoms with Gasteiger partial charge >= 0.3 is 0 Å². The number of nitro groups is 1. The van der Waals surface area contributed by atoms with Crippen molar-refractivity contribution >= 4 is 28.6 Å². The van der Waals surface area contributed by atoms with Crippen molar-refractivity contribution < 1.29 is 9.72 Å². The topological polar surface area (TPSA) is 75.5 Å². The molecule has 1 N–H and O–H groups in total. The smallest absolute Gasteiger partial charge is 0.293 e. The van der Waals surface area contributed by atoms with Gasteiger partial charge in [-0.05, 0) is 36.4 Å². The van der Waals surface area contributed by atoms with Crippen molar-refractivity contribution in [1.29, 1.82) is 0 Å². The van der Waals surface area contributed by atoms with Gasteiger partial charge in [-0.25, -0.2) is 0 Å². The Morgan fingerprint density at radius 2 is 2.09 bits per heavy atom. The van der Waals surface area contributed by atoms with E-state index in [2.05, 4.69) is 5.32 Å². The highest BCUT2D eigenvalue weighted by Crippen LogP contribution is 2.31. The van der Waals surface area contributed by atoms with Gasteiger partial charge in [-0.1, -0.05) is 6.07 Å². The van der Waals surface area contributed by atoms with Crippen LogP contribution in [0.25, 0.3) is 0 Å². The van der Waals surface area contributed by atoms with Crippen LogP contribution in [0.5, 0.6) is 0 Å². The van der Waals surface area contributed by atoms with E-state index in [0.29, 0.717) is 17.8 Å². The molecule has 1 aromatic heterocycles. The number of benzene rings is 1. The van der Waals surface area contributed by atoms with Gasteiger partial charge in [0, 0.05) is 29.6 Å². The van der Waals surface area contributed by atoms with Crippen molar-refractivity contribution in [1.82, 2.24) is 5.32 Å². The van der Waals surface area contributed by atoms with E-state index in [1.54, 1.807) is 23.5 Å². The molecule has 0 radical (unpaired) electrons. The number of hydrogen-bond acceptors (Lipinski definition) is 5. The molecule has 120 valence electrons. The Kier molecular flexibility index (Phi) is 4.57. The average Bonchev–Trinajstić information content (AvgIpc) is 3.25. The lowest BCUT2D eigenvalue weighted by atomic mass is 10.1. The van der Waals surface area contributed by atoms with E-state index < -0.39 is 4.92 Å². The van der Waals surface area contributed by atoms with Gasteiger partial charge < -0.3 is 10.2 Å². The molecule has 1 aliphatic rings. The second-order valence-corrected chi connectivity index (χ2v) is 6.45. The fraction of sp³-hybridized carbons (Fsp3) is 0.312. The fourth-order valence-electron chi connectivity index (χ4n) is 2.72. The van der Waals surface area contributed by atoms with Crippen LogP contribution in [0.1, 0.15) is 28.1 Å². The van der Waals surface area contributed by atoms with Crippen molar-refractivity contribution in [2.45, 2.75) is 19.4 Å². The van der Waals surface area contributed by atoms with Crippen LogP contribution in [-0.4, -0.2) is 23.9 Å². The van der Waals surface area contributed by atoms with Crippen LogP contribution in [-0.2, 0) is 6.54 Å². The molecule has 6 nitrogen and oxygen atoms in total. The first-order valence-corrected chi connectivity index (χ1v) is 8.37. The number of anilines is 1. The Balaban J connectivity index is 1.78. The minimum absolute atomic E-state index is 0.00401. The van der Waals surface area contributed by atoms with Gasteiger partial charge in [0.2, 0.25) is 0 Å². The third-order valence-electron chi connectivity index (χ3n) is 3.88. The van der Waals surface area contributed by atoms with Gasteiger partial charge in [0.05, 0.1) is 11.5 Å². The predicted octanol–water partition coefficient (Wildman–Crippen LogP) is 3.19. The van der Waals surface area contributed by atoms with E-state index in [-0.39, 0.29) is 11.6 Å². The van der Waals surface area contributed by atoms with Crippen molar-refractivity contribution in [3.63, 3.8) is 0 Å². The highest BCUT2D eigenvalue weighted by Gasteiger charge is 2.23. The Hall–Kier alpha value is -2.41. The van der Waals surface area contributed by atoms with Crippen molar-refractivity contribution in [3.05, 3.63) is 56.3 Å². The summed E-state index contributed by atoms with van der Waals surface area (Å²) in [5, 5.41) is 16.1. The summed E-state index contributed by atoms with van der Waals surface area (Å²) in [5.74, 6) is -0.297. The van der Waals surface area contributed by atoms with E-state index in [1.165, 1.54) is 6.07 Å². The summed E-state index contributed by atoms with van der Waals surface area (Å²) in [7, 11) is 0. The molecule has 0 unspecified atom stereocenters. The number of thiophene rings is 1. The molecular formula is C16H17N3O3S. The van der Waals surface area contributed by atoms with E-state index in [4.69, 9.17) is 0 Å². The molecule has 1 aromatic carbocycles. The van der Waals surface area contributed by atoms with E-state index in [9.17, 15) is 14.9 Å². The molecule has 0 spiro atoms. The monoisotopic (exact) mass is 331 g/mol. The quantitative estimate of drug-likeness (QED) is 0.674. The van der Waals surface area contributed by atoms with Gasteiger partial charge in [0.15, 0.2) is 0 Å². The third-order valence-corrected chi connectivity index (χ3v) is 4.76. The highest BCUT2D eigenvalue weighted by molar-refractivity contribution is 7.09. The van der Waals surface area contributed by atoms with E-state index in [1.807, 2.05) is 22.4 Å². The van der Waals surface area contributed by atoms with E-state index >= 15 is 0 Å². The van der Waals surface area contributed by atoms with Crippen LogP contribution in [0.15, 0.2) is 35.7 Å². The van der Waals surface area contributed by atoms with Gasteiger partial charge in [-0.3, -0.25) is 14.9 Å². The molecule has 1 fully saturated rings. The zero-order valence-corrected chi connectivity index (χ0v) is 13.3. The number of nitrogens with one attached hydrogen (secondary N) is 1. The molecule has 1 saturated heterocycles. The molecule has 2 aromatic rings. The number of carbonyl (C=O) groups excluding carboxylic acids is 1. The molecule has 23 heavy (non-hydrogen) atoms. The first kappa shape index (κ1) is 15.5. The van der Waals surface area contributed by atoms with Crippen molar-refractivity contribution in [2.24, 2.45) is 0 Å². The summed E-state index contributed by atoms with van der Waals surface area (Å²) >= 11 is 1.56. The maximum Gasteiger partial charge on any atom is 0.293 e. The minimum Gasteiger partial charge on any atom is -0.366 e. The number of rotatable bonds is 5. The molecule has 1 amide bonds. The molecule has 0 saturated carbocycles. The molecule has 7 heteroatoms. The Bertz CT molecular complexity index is 709. The largest absolute Gasteiger partial charge is 0.366 e. The molecule has 0 atom stereocenters. The lowest BCUT2D eigenvalue weighted by Crippen LogP contribution is -2.23. The van der Waals surface area contributed by atoms with Crippen molar-refractivity contribution in [3.8, 4) is 0 Å². The summed E-state index contributed by atoms with van der Waals surface area (Å²) in [6, 6.07) is 8.57. The Labute approximate surface area is 137 Å². The standard InChI is InChI=1S/C16H17N3O3S/c20-16(17-11-13-4-3-9-23-13)12-5-6-14(15(10-12)19(21)22)18-7-1-2-8-18/h3-6,9-10H,1-2,7-8,11H2,(H,17,20). The van der Waals surface area contributed by atoms with Crippen LogP contribution in [0.4, 0.5) is 11.4 Å². The highest BCUT2D eigenvalue weighted by atomic mass is 32.1. The normalized spacial score (nSPS) is 14.0. The van der Waals surface area contributed by atoms with Gasteiger partial charge in [0.25, 0.3) is 11.6 Å². The lowest BCUT2D eigenvalue weighted by molar-refractivity contribution is -0.384. The average molecular weight is 331 g/mol. The van der Waals surface area contributed by atoms with Gasteiger partial charge in [-0.15, -0.1) is 11.3 Å². The summed E-state index contributed by atoms with van der Waals surface area (Å²) in [6.07, 6.45) is 2.08. The Morgan fingerprint density at radius 3 is 2.74 bits per heavy atom. The molecule has 3 rings (SSSR count). The predicted molar refractivity (Wildman–Crippen MR) is 90.0 cm³/mol. The number of hydrogen-bond donors (Lipinski definition) is 1. The number of nitrogens with zero attached hydrogens (tertiary/aromatic N) is 2. The second-order valence-electron chi connectivity index (χ2n) is 5.42. The SMILES string of the molecule is O=C(NCc1cccs1)c1ccc(N2CCCC2)c([N+](=O)[O-])c1. The summed E-state index contributed by atoms with van der Waals surface area (Å²) in [5.41, 5.74) is 0.911. The molecular weight excluding hydrogens is 314 g/mol. The second kappa shape index (κ2) is 6.78. The first-order valence-electron chi connectivity index (χ1n) is 7.49. The van der Waals surface area contributed by atoms with Crippen LogP contribution in [0, 0.1) is 10.1 Å². The van der Waals surface area contributed by atoms with Crippen LogP contribution in [0.3, 0.4) is 0 Å². The number of nitro benzene ring substituents is 1. The third kappa shape index (κ3) is 3.50. The molecule has 0 bridgehead atoms. The van der Waals surface area contributed by atoms with E-state index in [0.717, 1.165) is 30.8 Å². The molecule has 1 aliphatic heterocycles. The number of carbonyl (C=O) groups is 1. The first-order chi connectivity index (χ1) is 11.1. The van der Waals surface area contributed by atoms with Gasteiger partial charge in [-0.2, -0.15) is 0 Å². The zero-order valence-electron chi connectivity index (χ0n) is 12.5. The maximum atomic E-state index is 12.2.